The summed E-state index contributed by atoms with van der Waals surface area (Å²) in [5, 5.41) is 11.4. The Balaban J connectivity index is 3.10. The Kier molecular flexibility index (Phi) is 4.35. The lowest BCUT2D eigenvalue weighted by molar-refractivity contribution is -0.384. The molecule has 5 nitrogen and oxygen atoms in total. The number of nitro benzene ring substituents is 1. The van der Waals surface area contributed by atoms with E-state index in [0.717, 1.165) is 5.32 Å². The van der Waals surface area contributed by atoms with E-state index in [1.807, 2.05) is 0 Å². The third kappa shape index (κ3) is 3.09. The van der Waals surface area contributed by atoms with Crippen LogP contribution in [0.3, 0.4) is 0 Å². The monoisotopic (exact) mass is 334 g/mol. The number of non-ortho nitro benzene ring substituents is 1. The van der Waals surface area contributed by atoms with Crippen LogP contribution in [-0.4, -0.2) is 28.9 Å². The molecule has 1 rings (SSSR count). The number of carbonyl (C=O) groups is 1. The van der Waals surface area contributed by atoms with E-state index in [2.05, 4.69) is 0 Å². The molecule has 0 bridgehead atoms. The molecule has 1 N–H and O–H groups in total. The highest BCUT2D eigenvalue weighted by atomic mass is 19.4. The topological polar surface area (TPSA) is 72.2 Å². The van der Waals surface area contributed by atoms with Crippen molar-refractivity contribution in [2.24, 2.45) is 0 Å². The largest absolute Gasteiger partial charge is 0.441 e. The molecule has 0 saturated heterocycles. The Labute approximate surface area is 116 Å². The number of carbonyl (C=O) groups excluding carboxylic acids is 1. The molecule has 0 aliphatic heterocycles. The normalized spacial score (nSPS) is 12.9. The van der Waals surface area contributed by atoms with E-state index in [9.17, 15) is 45.6 Å². The number of benzene rings is 1. The summed E-state index contributed by atoms with van der Waals surface area (Å²) in [7, 11) is 0. The molecule has 1 aromatic carbocycles. The van der Waals surface area contributed by atoms with Crippen molar-refractivity contribution in [1.29, 1.82) is 0 Å². The van der Waals surface area contributed by atoms with Crippen LogP contribution in [-0.2, 0) is 4.79 Å². The molecule has 0 fully saturated rings. The lowest BCUT2D eigenvalue weighted by Crippen LogP contribution is -2.60. The number of alkyl halides is 7. The molecular formula is C10H5F7N2O3. The first-order valence-electron chi connectivity index (χ1n) is 5.19. The van der Waals surface area contributed by atoms with Crippen LogP contribution < -0.4 is 5.32 Å². The van der Waals surface area contributed by atoms with E-state index in [1.165, 1.54) is 0 Å². The summed E-state index contributed by atoms with van der Waals surface area (Å²) in [6.07, 6.45) is -13.1. The van der Waals surface area contributed by atoms with Crippen molar-refractivity contribution in [3.63, 3.8) is 0 Å². The van der Waals surface area contributed by atoms with Gasteiger partial charge in [0.1, 0.15) is 0 Å². The van der Waals surface area contributed by atoms with Crippen LogP contribution in [0.1, 0.15) is 0 Å². The Bertz CT molecular complexity index is 566. The van der Waals surface area contributed by atoms with Gasteiger partial charge in [-0.15, -0.1) is 0 Å². The van der Waals surface area contributed by atoms with Crippen LogP contribution >= 0.6 is 0 Å². The molecule has 0 unspecified atom stereocenters. The van der Waals surface area contributed by atoms with Crippen LogP contribution in [0.2, 0.25) is 0 Å². The first-order valence-corrected chi connectivity index (χ1v) is 5.19. The quantitative estimate of drug-likeness (QED) is 0.523. The number of hydrogen-bond acceptors (Lipinski definition) is 3. The van der Waals surface area contributed by atoms with Gasteiger partial charge >= 0.3 is 18.0 Å². The smallest absolute Gasteiger partial charge is 0.323 e. The van der Waals surface area contributed by atoms with Crippen molar-refractivity contribution in [3.8, 4) is 0 Å². The average Bonchev–Trinajstić information content (AvgIpc) is 2.35. The molecule has 0 spiro atoms. The Morgan fingerprint density at radius 3 is 1.68 bits per heavy atom. The SMILES string of the molecule is O=C(Nc1ccc([N+](=O)[O-])cc1)C(F)(C(F)(F)F)C(F)(F)F. The van der Waals surface area contributed by atoms with Crippen molar-refractivity contribution < 1.29 is 40.5 Å². The Morgan fingerprint density at radius 2 is 1.36 bits per heavy atom. The second kappa shape index (κ2) is 5.42. The lowest BCUT2D eigenvalue weighted by atomic mass is 10.0. The number of halogens is 7. The molecule has 0 saturated carbocycles. The summed E-state index contributed by atoms with van der Waals surface area (Å²) in [4.78, 5) is 20.5. The maximum Gasteiger partial charge on any atom is 0.441 e. The summed E-state index contributed by atoms with van der Waals surface area (Å²) in [5.74, 6) is -3.00. The molecule has 0 aliphatic carbocycles. The minimum Gasteiger partial charge on any atom is -0.323 e. The fourth-order valence-electron chi connectivity index (χ4n) is 1.30. The van der Waals surface area contributed by atoms with Crippen molar-refractivity contribution in [3.05, 3.63) is 34.4 Å². The minimum atomic E-state index is -6.53. The lowest BCUT2D eigenvalue weighted by Gasteiger charge is -2.28. The number of nitro groups is 1. The number of anilines is 1. The molecule has 122 valence electrons. The number of amides is 1. The molecular weight excluding hydrogens is 329 g/mol. The van der Waals surface area contributed by atoms with Crippen molar-refractivity contribution in [1.82, 2.24) is 0 Å². The van der Waals surface area contributed by atoms with E-state index in [4.69, 9.17) is 0 Å². The van der Waals surface area contributed by atoms with E-state index in [0.29, 0.717) is 24.3 Å². The molecule has 0 radical (unpaired) electrons. The van der Waals surface area contributed by atoms with Crippen molar-refractivity contribution >= 4 is 17.3 Å². The van der Waals surface area contributed by atoms with E-state index in [1.54, 1.807) is 0 Å². The highest BCUT2D eigenvalue weighted by molar-refractivity contribution is 5.98. The van der Waals surface area contributed by atoms with E-state index in [-0.39, 0.29) is 0 Å². The minimum absolute atomic E-state index is 0.531. The fraction of sp³-hybridized carbons (Fsp3) is 0.300. The van der Waals surface area contributed by atoms with Gasteiger partial charge in [0.25, 0.3) is 11.6 Å². The predicted molar refractivity (Wildman–Crippen MR) is 57.7 cm³/mol. The summed E-state index contributed by atoms with van der Waals surface area (Å²) < 4.78 is 87.0. The first kappa shape index (κ1) is 17.7. The van der Waals surface area contributed by atoms with Gasteiger partial charge in [0, 0.05) is 17.8 Å². The molecule has 1 amide bonds. The highest BCUT2D eigenvalue weighted by Crippen LogP contribution is 2.46. The van der Waals surface area contributed by atoms with Crippen LogP contribution in [0.4, 0.5) is 42.1 Å². The predicted octanol–water partition coefficient (Wildman–Crippen LogP) is 3.37. The number of nitrogens with one attached hydrogen (secondary N) is 1. The van der Waals surface area contributed by atoms with Crippen molar-refractivity contribution in [2.75, 3.05) is 5.32 Å². The molecule has 22 heavy (non-hydrogen) atoms. The van der Waals surface area contributed by atoms with Gasteiger partial charge in [0.2, 0.25) is 0 Å². The van der Waals surface area contributed by atoms with Crippen LogP contribution in [0.5, 0.6) is 0 Å². The summed E-state index contributed by atoms with van der Waals surface area (Å²) in [6.45, 7) is 0. The number of hydrogen-bond donors (Lipinski definition) is 1. The third-order valence-electron chi connectivity index (χ3n) is 2.43. The molecule has 0 aromatic heterocycles. The average molecular weight is 334 g/mol. The van der Waals surface area contributed by atoms with Gasteiger partial charge in [-0.25, -0.2) is 4.39 Å². The third-order valence-corrected chi connectivity index (χ3v) is 2.43. The molecule has 0 aliphatic rings. The zero-order valence-corrected chi connectivity index (χ0v) is 10.1. The van der Waals surface area contributed by atoms with E-state index >= 15 is 0 Å². The molecule has 0 atom stereocenters. The maximum atomic E-state index is 13.3. The van der Waals surface area contributed by atoms with Gasteiger partial charge < -0.3 is 5.32 Å². The van der Waals surface area contributed by atoms with Gasteiger partial charge in [-0.3, -0.25) is 14.9 Å². The maximum absolute atomic E-state index is 13.3. The first-order chi connectivity index (χ1) is 9.80. The van der Waals surface area contributed by atoms with Crippen molar-refractivity contribution in [2.45, 2.75) is 18.0 Å². The second-order valence-corrected chi connectivity index (χ2v) is 3.91. The van der Waals surface area contributed by atoms with Crippen LogP contribution in [0.25, 0.3) is 0 Å². The van der Waals surface area contributed by atoms with Crippen LogP contribution in [0, 0.1) is 10.1 Å². The summed E-state index contributed by atoms with van der Waals surface area (Å²) in [5.41, 5.74) is -7.32. The number of rotatable bonds is 3. The molecule has 0 heterocycles. The standard InChI is InChI=1S/C10H5F7N2O3/c11-8(9(12,13)14,10(15,16)17)7(20)18-5-1-3-6(4-2-5)19(21)22/h1-4H,(H,18,20). The summed E-state index contributed by atoms with van der Waals surface area (Å²) >= 11 is 0. The van der Waals surface area contributed by atoms with E-state index < -0.39 is 40.2 Å². The zero-order chi connectivity index (χ0) is 17.3. The highest BCUT2D eigenvalue weighted by Gasteiger charge is 2.77. The van der Waals surface area contributed by atoms with Gasteiger partial charge in [0.05, 0.1) is 4.92 Å². The molecule has 1 aromatic rings. The van der Waals surface area contributed by atoms with Crippen LogP contribution in [0.15, 0.2) is 24.3 Å². The number of nitrogens with zero attached hydrogens (tertiary/aromatic N) is 1. The Morgan fingerprint density at radius 1 is 0.955 bits per heavy atom. The second-order valence-electron chi connectivity index (χ2n) is 3.91. The van der Waals surface area contributed by atoms with Gasteiger partial charge in [-0.05, 0) is 12.1 Å². The van der Waals surface area contributed by atoms with Gasteiger partial charge in [0.15, 0.2) is 0 Å². The molecule has 12 heteroatoms. The zero-order valence-electron chi connectivity index (χ0n) is 10.1. The summed E-state index contributed by atoms with van der Waals surface area (Å²) in [6, 6.07) is 2.72. The Hall–Kier alpha value is -2.40. The van der Waals surface area contributed by atoms with Gasteiger partial charge in [-0.2, -0.15) is 26.3 Å². The fourth-order valence-corrected chi connectivity index (χ4v) is 1.30. The van der Waals surface area contributed by atoms with Gasteiger partial charge in [-0.1, -0.05) is 0 Å².